The molecular formula is C8H14O. The van der Waals surface area contributed by atoms with E-state index < -0.39 is 0 Å². The van der Waals surface area contributed by atoms with Crippen molar-refractivity contribution in [3.63, 3.8) is 0 Å². The third kappa shape index (κ3) is 1.32. The summed E-state index contributed by atoms with van der Waals surface area (Å²) in [6, 6.07) is 0. The predicted octanol–water partition coefficient (Wildman–Crippen LogP) is 2.01. The molecule has 0 aromatic carbocycles. The fraction of sp³-hybridized carbons (Fsp3) is 0.875. The van der Waals surface area contributed by atoms with Crippen molar-refractivity contribution in [2.45, 2.75) is 33.1 Å². The molecule has 0 amide bonds. The van der Waals surface area contributed by atoms with Crippen molar-refractivity contribution in [3.05, 3.63) is 0 Å². The number of hydrogen-bond donors (Lipinski definition) is 0. The Labute approximate surface area is 56.4 Å². The Bertz CT molecular complexity index is 118. The summed E-state index contributed by atoms with van der Waals surface area (Å²) in [4.78, 5) is 11.0. The van der Waals surface area contributed by atoms with Gasteiger partial charge >= 0.3 is 0 Å². The molecule has 52 valence electrons. The zero-order chi connectivity index (χ0) is 6.85. The minimum Gasteiger partial charge on any atom is -0.299 e. The van der Waals surface area contributed by atoms with E-state index in [-0.39, 0.29) is 0 Å². The minimum absolute atomic E-state index is 0.332. The second-order valence-electron chi connectivity index (χ2n) is 3.12. The van der Waals surface area contributed by atoms with Gasteiger partial charge in [-0.05, 0) is 18.8 Å². The Morgan fingerprint density at radius 3 is 2.56 bits per heavy atom. The van der Waals surface area contributed by atoms with E-state index in [1.54, 1.807) is 0 Å². The summed E-state index contributed by atoms with van der Waals surface area (Å²) in [6.07, 6.45) is 3.18. The highest BCUT2D eigenvalue weighted by molar-refractivity contribution is 5.81. The summed E-state index contributed by atoms with van der Waals surface area (Å²) in [5.41, 5.74) is 0. The van der Waals surface area contributed by atoms with Gasteiger partial charge in [-0.25, -0.2) is 0 Å². The van der Waals surface area contributed by atoms with Crippen molar-refractivity contribution in [1.29, 1.82) is 0 Å². The molecule has 0 aromatic rings. The first kappa shape index (κ1) is 6.79. The molecule has 1 rings (SSSR count). The third-order valence-electron chi connectivity index (χ3n) is 2.44. The van der Waals surface area contributed by atoms with Crippen molar-refractivity contribution >= 4 is 5.78 Å². The molecule has 1 fully saturated rings. The molecule has 0 N–H and O–H groups in total. The zero-order valence-corrected chi connectivity index (χ0v) is 6.18. The number of Topliss-reactive ketones (excluding diaryl/α,β-unsaturated/α-hetero) is 1. The van der Waals surface area contributed by atoms with Crippen LogP contribution in [0.4, 0.5) is 0 Å². The van der Waals surface area contributed by atoms with Crippen LogP contribution >= 0.6 is 0 Å². The molecule has 1 saturated carbocycles. The van der Waals surface area contributed by atoms with Gasteiger partial charge in [0.05, 0.1) is 0 Å². The summed E-state index contributed by atoms with van der Waals surface area (Å²) in [5, 5.41) is 0. The van der Waals surface area contributed by atoms with Gasteiger partial charge in [-0.1, -0.05) is 13.8 Å². The summed E-state index contributed by atoms with van der Waals surface area (Å²) >= 11 is 0. The van der Waals surface area contributed by atoms with Gasteiger partial charge in [0.2, 0.25) is 0 Å². The Hall–Kier alpha value is -0.330. The number of ketones is 1. The highest BCUT2D eigenvalue weighted by Gasteiger charge is 2.23. The SMILES string of the molecule is C[C@@H]1C(=O)CCC[C@@H]1C. The van der Waals surface area contributed by atoms with E-state index in [1.165, 1.54) is 6.42 Å². The minimum atomic E-state index is 0.332. The average molecular weight is 126 g/mol. The number of carbonyl (C=O) groups excluding carboxylic acids is 1. The quantitative estimate of drug-likeness (QED) is 0.485. The van der Waals surface area contributed by atoms with Crippen LogP contribution in [0.15, 0.2) is 0 Å². The molecule has 0 radical (unpaired) electrons. The maximum Gasteiger partial charge on any atom is 0.135 e. The monoisotopic (exact) mass is 126 g/mol. The van der Waals surface area contributed by atoms with Crippen LogP contribution in [0.1, 0.15) is 33.1 Å². The van der Waals surface area contributed by atoms with Crippen LogP contribution in [-0.2, 0) is 4.79 Å². The van der Waals surface area contributed by atoms with E-state index in [0.29, 0.717) is 17.6 Å². The van der Waals surface area contributed by atoms with E-state index in [1.807, 2.05) is 6.92 Å². The summed E-state index contributed by atoms with van der Waals surface area (Å²) < 4.78 is 0. The lowest BCUT2D eigenvalue weighted by atomic mass is 9.81. The van der Waals surface area contributed by atoms with E-state index in [4.69, 9.17) is 0 Å². The summed E-state index contributed by atoms with van der Waals surface area (Å²) in [6.45, 7) is 4.22. The van der Waals surface area contributed by atoms with E-state index >= 15 is 0 Å². The van der Waals surface area contributed by atoms with Gasteiger partial charge in [0.15, 0.2) is 0 Å². The van der Waals surface area contributed by atoms with Crippen LogP contribution in [0.2, 0.25) is 0 Å². The van der Waals surface area contributed by atoms with Crippen LogP contribution in [0.5, 0.6) is 0 Å². The summed E-state index contributed by atoms with van der Waals surface area (Å²) in [5.74, 6) is 1.43. The molecule has 1 aliphatic rings. The molecule has 1 nitrogen and oxygen atoms in total. The van der Waals surface area contributed by atoms with Crippen molar-refractivity contribution in [2.75, 3.05) is 0 Å². The Morgan fingerprint density at radius 2 is 2.11 bits per heavy atom. The van der Waals surface area contributed by atoms with Gasteiger partial charge in [0.1, 0.15) is 5.78 Å². The lowest BCUT2D eigenvalue weighted by Gasteiger charge is -2.23. The van der Waals surface area contributed by atoms with Crippen LogP contribution < -0.4 is 0 Å². The third-order valence-corrected chi connectivity index (χ3v) is 2.44. The smallest absolute Gasteiger partial charge is 0.135 e. The molecule has 0 unspecified atom stereocenters. The van der Waals surface area contributed by atoms with Crippen molar-refractivity contribution < 1.29 is 4.79 Å². The van der Waals surface area contributed by atoms with Gasteiger partial charge in [0, 0.05) is 12.3 Å². The van der Waals surface area contributed by atoms with Crippen molar-refractivity contribution in [2.24, 2.45) is 11.8 Å². The fourth-order valence-corrected chi connectivity index (χ4v) is 1.39. The molecule has 0 heterocycles. The normalized spacial score (nSPS) is 36.9. The van der Waals surface area contributed by atoms with Crippen LogP contribution in [0.25, 0.3) is 0 Å². The molecule has 2 atom stereocenters. The Balaban J connectivity index is 2.51. The molecule has 1 aliphatic carbocycles. The first-order valence-corrected chi connectivity index (χ1v) is 3.74. The average Bonchev–Trinajstić information content (AvgIpc) is 1.83. The van der Waals surface area contributed by atoms with Gasteiger partial charge in [-0.3, -0.25) is 4.79 Å². The highest BCUT2D eigenvalue weighted by atomic mass is 16.1. The topological polar surface area (TPSA) is 17.1 Å². The lowest BCUT2D eigenvalue weighted by Crippen LogP contribution is -2.23. The van der Waals surface area contributed by atoms with Gasteiger partial charge < -0.3 is 0 Å². The first-order chi connectivity index (χ1) is 4.22. The molecular weight excluding hydrogens is 112 g/mol. The van der Waals surface area contributed by atoms with Crippen molar-refractivity contribution in [1.82, 2.24) is 0 Å². The highest BCUT2D eigenvalue weighted by Crippen LogP contribution is 2.25. The number of hydrogen-bond acceptors (Lipinski definition) is 1. The van der Waals surface area contributed by atoms with Crippen LogP contribution in [0.3, 0.4) is 0 Å². The van der Waals surface area contributed by atoms with E-state index in [2.05, 4.69) is 6.92 Å². The van der Waals surface area contributed by atoms with Gasteiger partial charge in [0.25, 0.3) is 0 Å². The Morgan fingerprint density at radius 1 is 1.44 bits per heavy atom. The summed E-state index contributed by atoms with van der Waals surface area (Å²) in [7, 11) is 0. The maximum absolute atomic E-state index is 11.0. The second-order valence-corrected chi connectivity index (χ2v) is 3.12. The van der Waals surface area contributed by atoms with Crippen molar-refractivity contribution in [3.8, 4) is 0 Å². The fourth-order valence-electron chi connectivity index (χ4n) is 1.39. The first-order valence-electron chi connectivity index (χ1n) is 3.74. The standard InChI is InChI=1S/C8H14O/c1-6-4-3-5-8(9)7(6)2/h6-7H,3-5H2,1-2H3/t6-,7-/m0/s1. The second kappa shape index (κ2) is 2.51. The van der Waals surface area contributed by atoms with Crippen LogP contribution in [-0.4, -0.2) is 5.78 Å². The van der Waals surface area contributed by atoms with Gasteiger partial charge in [-0.2, -0.15) is 0 Å². The molecule has 1 heteroatoms. The lowest BCUT2D eigenvalue weighted by molar-refractivity contribution is -0.125. The Kier molecular flexibility index (Phi) is 1.89. The molecule has 0 saturated heterocycles. The largest absolute Gasteiger partial charge is 0.299 e. The molecule has 0 bridgehead atoms. The number of carbonyl (C=O) groups is 1. The zero-order valence-electron chi connectivity index (χ0n) is 6.18. The van der Waals surface area contributed by atoms with E-state index in [0.717, 1.165) is 12.8 Å². The van der Waals surface area contributed by atoms with E-state index in [9.17, 15) is 4.79 Å². The van der Waals surface area contributed by atoms with Gasteiger partial charge in [-0.15, -0.1) is 0 Å². The van der Waals surface area contributed by atoms with Crippen LogP contribution in [0, 0.1) is 11.8 Å². The number of rotatable bonds is 0. The molecule has 9 heavy (non-hydrogen) atoms. The predicted molar refractivity (Wildman–Crippen MR) is 37.2 cm³/mol. The molecule has 0 aliphatic heterocycles. The molecule has 0 aromatic heterocycles. The molecule has 0 spiro atoms. The maximum atomic E-state index is 11.0.